The molecule has 0 radical (unpaired) electrons. The maximum Gasteiger partial charge on any atom is 0.222 e. The third kappa shape index (κ3) is 4.00. The number of hydrogen-bond donors (Lipinski definition) is 0. The fourth-order valence-corrected chi connectivity index (χ4v) is 3.19. The summed E-state index contributed by atoms with van der Waals surface area (Å²) >= 11 is 0. The molecule has 1 unspecified atom stereocenters. The van der Waals surface area contributed by atoms with Gasteiger partial charge in [0.05, 0.1) is 0 Å². The van der Waals surface area contributed by atoms with Crippen LogP contribution in [0.15, 0.2) is 35.0 Å². The fourth-order valence-electron chi connectivity index (χ4n) is 3.19. The largest absolute Gasteiger partial charge is 0.338 e. The highest BCUT2D eigenvalue weighted by atomic mass is 16.6. The van der Waals surface area contributed by atoms with Crippen molar-refractivity contribution in [2.24, 2.45) is 0 Å². The van der Waals surface area contributed by atoms with Gasteiger partial charge >= 0.3 is 0 Å². The zero-order chi connectivity index (χ0) is 16.9. The number of benzene rings is 1. The van der Waals surface area contributed by atoms with Crippen molar-refractivity contribution in [3.63, 3.8) is 0 Å². The van der Waals surface area contributed by atoms with Gasteiger partial charge in [0.1, 0.15) is 11.4 Å². The van der Waals surface area contributed by atoms with Gasteiger partial charge in [-0.3, -0.25) is 9.69 Å². The second-order valence-corrected chi connectivity index (χ2v) is 6.49. The smallest absolute Gasteiger partial charge is 0.222 e. The number of amides is 1. The SMILES string of the molecule is Cc1nonc1CN(C)C1CCC(=O)N(Cc2ccccc2)CC1. The number of likely N-dealkylation sites (tertiary alicyclic amines) is 1. The third-order valence-corrected chi connectivity index (χ3v) is 4.76. The predicted octanol–water partition coefficient (Wildman–Crippen LogP) is 2.39. The van der Waals surface area contributed by atoms with Gasteiger partial charge in [-0.05, 0) is 32.4 Å². The number of hydrogen-bond acceptors (Lipinski definition) is 5. The fraction of sp³-hybridized carbons (Fsp3) is 0.500. The van der Waals surface area contributed by atoms with Crippen LogP contribution in [0.2, 0.25) is 0 Å². The van der Waals surface area contributed by atoms with Crippen molar-refractivity contribution in [1.29, 1.82) is 0 Å². The monoisotopic (exact) mass is 328 g/mol. The van der Waals surface area contributed by atoms with Crippen LogP contribution in [-0.4, -0.2) is 45.7 Å². The number of nitrogens with zero attached hydrogens (tertiary/aromatic N) is 4. The van der Waals surface area contributed by atoms with E-state index >= 15 is 0 Å². The number of aromatic nitrogens is 2. The first kappa shape index (κ1) is 16.6. The summed E-state index contributed by atoms with van der Waals surface area (Å²) in [6.07, 6.45) is 2.45. The Hall–Kier alpha value is -2.21. The lowest BCUT2D eigenvalue weighted by Gasteiger charge is -2.26. The summed E-state index contributed by atoms with van der Waals surface area (Å²) in [6, 6.07) is 10.5. The summed E-state index contributed by atoms with van der Waals surface area (Å²) in [4.78, 5) is 16.7. The van der Waals surface area contributed by atoms with Gasteiger partial charge in [-0.25, -0.2) is 4.63 Å². The Morgan fingerprint density at radius 3 is 2.75 bits per heavy atom. The molecule has 1 fully saturated rings. The second kappa shape index (κ2) is 7.57. The van der Waals surface area contributed by atoms with E-state index in [-0.39, 0.29) is 5.91 Å². The van der Waals surface area contributed by atoms with Gasteiger partial charge in [0, 0.05) is 32.1 Å². The molecule has 128 valence electrons. The van der Waals surface area contributed by atoms with E-state index < -0.39 is 0 Å². The maximum absolute atomic E-state index is 12.4. The second-order valence-electron chi connectivity index (χ2n) is 6.49. The molecule has 3 rings (SSSR count). The van der Waals surface area contributed by atoms with E-state index in [0.717, 1.165) is 30.8 Å². The molecule has 0 spiro atoms. The molecule has 6 heteroatoms. The van der Waals surface area contributed by atoms with Gasteiger partial charge in [0.25, 0.3) is 0 Å². The predicted molar refractivity (Wildman–Crippen MR) is 90.0 cm³/mol. The van der Waals surface area contributed by atoms with Gasteiger partial charge < -0.3 is 4.90 Å². The maximum atomic E-state index is 12.4. The van der Waals surface area contributed by atoms with E-state index in [0.29, 0.717) is 25.6 Å². The Morgan fingerprint density at radius 2 is 2.04 bits per heavy atom. The van der Waals surface area contributed by atoms with Crippen LogP contribution in [0.4, 0.5) is 0 Å². The first-order chi connectivity index (χ1) is 11.6. The minimum Gasteiger partial charge on any atom is -0.338 e. The molecule has 0 aliphatic carbocycles. The quantitative estimate of drug-likeness (QED) is 0.843. The highest BCUT2D eigenvalue weighted by molar-refractivity contribution is 5.76. The first-order valence-electron chi connectivity index (χ1n) is 8.43. The summed E-state index contributed by atoms with van der Waals surface area (Å²) in [7, 11) is 2.08. The molecule has 2 heterocycles. The molecule has 1 atom stereocenters. The van der Waals surface area contributed by atoms with Gasteiger partial charge in [0.2, 0.25) is 5.91 Å². The molecule has 1 aromatic carbocycles. The zero-order valence-corrected chi connectivity index (χ0v) is 14.3. The van der Waals surface area contributed by atoms with E-state index in [1.54, 1.807) is 0 Å². The van der Waals surface area contributed by atoms with E-state index in [2.05, 4.69) is 34.4 Å². The van der Waals surface area contributed by atoms with Crippen molar-refractivity contribution >= 4 is 5.91 Å². The average molecular weight is 328 g/mol. The van der Waals surface area contributed by atoms with Crippen LogP contribution >= 0.6 is 0 Å². The number of carbonyl (C=O) groups excluding carboxylic acids is 1. The zero-order valence-electron chi connectivity index (χ0n) is 14.3. The summed E-state index contributed by atoms with van der Waals surface area (Å²) in [5.74, 6) is 0.244. The molecule has 1 aromatic heterocycles. The Kier molecular flexibility index (Phi) is 5.25. The van der Waals surface area contributed by atoms with E-state index in [1.165, 1.54) is 5.56 Å². The van der Waals surface area contributed by atoms with E-state index in [1.807, 2.05) is 30.0 Å². The van der Waals surface area contributed by atoms with E-state index in [4.69, 9.17) is 4.63 Å². The summed E-state index contributed by atoms with van der Waals surface area (Å²) in [5.41, 5.74) is 2.88. The lowest BCUT2D eigenvalue weighted by atomic mass is 10.1. The highest BCUT2D eigenvalue weighted by Crippen LogP contribution is 2.20. The van der Waals surface area contributed by atoms with Crippen molar-refractivity contribution in [1.82, 2.24) is 20.1 Å². The van der Waals surface area contributed by atoms with Crippen LogP contribution in [0.5, 0.6) is 0 Å². The Bertz CT molecular complexity index is 671. The molecule has 1 aliphatic heterocycles. The van der Waals surface area contributed by atoms with Crippen LogP contribution in [0.1, 0.15) is 36.2 Å². The van der Waals surface area contributed by atoms with Crippen molar-refractivity contribution in [3.8, 4) is 0 Å². The molecule has 24 heavy (non-hydrogen) atoms. The van der Waals surface area contributed by atoms with Gasteiger partial charge in [0.15, 0.2) is 0 Å². The minimum absolute atomic E-state index is 0.244. The van der Waals surface area contributed by atoms with Crippen LogP contribution in [0.3, 0.4) is 0 Å². The molecule has 1 saturated heterocycles. The Balaban J connectivity index is 1.59. The summed E-state index contributed by atoms with van der Waals surface area (Å²) in [6.45, 7) is 4.09. The first-order valence-corrected chi connectivity index (χ1v) is 8.43. The third-order valence-electron chi connectivity index (χ3n) is 4.76. The van der Waals surface area contributed by atoms with Crippen molar-refractivity contribution in [3.05, 3.63) is 47.3 Å². The molecule has 0 bridgehead atoms. The van der Waals surface area contributed by atoms with Crippen molar-refractivity contribution in [2.75, 3.05) is 13.6 Å². The molecular formula is C18H24N4O2. The number of rotatable bonds is 5. The molecule has 6 nitrogen and oxygen atoms in total. The van der Waals surface area contributed by atoms with Gasteiger partial charge in [-0.2, -0.15) is 0 Å². The molecule has 1 amide bonds. The van der Waals surface area contributed by atoms with Gasteiger partial charge in [-0.1, -0.05) is 40.6 Å². The Labute approximate surface area is 142 Å². The topological polar surface area (TPSA) is 62.5 Å². The summed E-state index contributed by atoms with van der Waals surface area (Å²) < 4.78 is 4.77. The summed E-state index contributed by atoms with van der Waals surface area (Å²) in [5, 5.41) is 7.78. The van der Waals surface area contributed by atoms with Crippen molar-refractivity contribution in [2.45, 2.75) is 45.3 Å². The van der Waals surface area contributed by atoms with Crippen LogP contribution in [0, 0.1) is 6.92 Å². The average Bonchev–Trinajstić information content (AvgIpc) is 2.89. The standard InChI is InChI=1S/C18H24N4O2/c1-14-17(20-24-19-14)13-21(2)16-8-9-18(23)22(11-10-16)12-15-6-4-3-5-7-15/h3-7,16H,8-13H2,1-2H3. The molecule has 2 aromatic rings. The minimum atomic E-state index is 0.244. The molecule has 1 aliphatic rings. The van der Waals surface area contributed by atoms with Crippen LogP contribution < -0.4 is 0 Å². The van der Waals surface area contributed by atoms with Crippen LogP contribution in [-0.2, 0) is 17.9 Å². The normalized spacial score (nSPS) is 18.9. The molecule has 0 saturated carbocycles. The Morgan fingerprint density at radius 1 is 1.25 bits per heavy atom. The molecular weight excluding hydrogens is 304 g/mol. The molecule has 0 N–H and O–H groups in total. The van der Waals surface area contributed by atoms with Gasteiger partial charge in [-0.15, -0.1) is 0 Å². The lowest BCUT2D eigenvalue weighted by Crippen LogP contribution is -2.33. The number of carbonyl (C=O) groups is 1. The lowest BCUT2D eigenvalue weighted by molar-refractivity contribution is -0.131. The number of aryl methyl sites for hydroxylation is 1. The van der Waals surface area contributed by atoms with E-state index in [9.17, 15) is 4.79 Å². The van der Waals surface area contributed by atoms with Crippen LogP contribution in [0.25, 0.3) is 0 Å². The van der Waals surface area contributed by atoms with Crippen molar-refractivity contribution < 1.29 is 9.42 Å². The highest BCUT2D eigenvalue weighted by Gasteiger charge is 2.25.